The number of anilines is 1. The second kappa shape index (κ2) is 5.81. The third-order valence-electron chi connectivity index (χ3n) is 4.18. The fourth-order valence-corrected chi connectivity index (χ4v) is 2.98. The summed E-state index contributed by atoms with van der Waals surface area (Å²) in [7, 11) is 0. The highest BCUT2D eigenvalue weighted by molar-refractivity contribution is 6.52. The first-order valence-corrected chi connectivity index (χ1v) is 7.81. The lowest BCUT2D eigenvalue weighted by Gasteiger charge is -2.16. The molecule has 4 heteroatoms. The molecule has 118 valence electrons. The van der Waals surface area contributed by atoms with Crippen LogP contribution >= 0.6 is 0 Å². The van der Waals surface area contributed by atoms with Crippen LogP contribution in [0.4, 0.5) is 5.69 Å². The number of ketones is 1. The van der Waals surface area contributed by atoms with Crippen LogP contribution in [-0.4, -0.2) is 24.8 Å². The zero-order chi connectivity index (χ0) is 16.5. The van der Waals surface area contributed by atoms with E-state index >= 15 is 0 Å². The van der Waals surface area contributed by atoms with E-state index in [2.05, 4.69) is 0 Å². The summed E-state index contributed by atoms with van der Waals surface area (Å²) in [5.41, 5.74) is 1.13. The largest absolute Gasteiger partial charge is 0.492 e. The summed E-state index contributed by atoms with van der Waals surface area (Å²) in [5, 5.41) is 2.26. The predicted octanol–water partition coefficient (Wildman–Crippen LogP) is 3.45. The van der Waals surface area contributed by atoms with E-state index in [4.69, 9.17) is 4.74 Å². The predicted molar refractivity (Wildman–Crippen MR) is 92.6 cm³/mol. The highest BCUT2D eigenvalue weighted by Gasteiger charge is 2.35. The molecule has 4 nitrogen and oxygen atoms in total. The normalized spacial score (nSPS) is 13.4. The van der Waals surface area contributed by atoms with Gasteiger partial charge in [0.15, 0.2) is 0 Å². The minimum atomic E-state index is -0.488. The number of ether oxygens (including phenoxy) is 1. The summed E-state index contributed by atoms with van der Waals surface area (Å²) in [5.74, 6) is -0.186. The van der Waals surface area contributed by atoms with E-state index in [0.29, 0.717) is 24.4 Å². The average molecular weight is 317 g/mol. The highest BCUT2D eigenvalue weighted by Crippen LogP contribution is 2.28. The zero-order valence-corrected chi connectivity index (χ0v) is 12.9. The van der Waals surface area contributed by atoms with Crippen molar-refractivity contribution in [3.8, 4) is 5.75 Å². The van der Waals surface area contributed by atoms with Crippen molar-refractivity contribution in [2.75, 3.05) is 18.1 Å². The number of nitrogens with zero attached hydrogens (tertiary/aromatic N) is 1. The summed E-state index contributed by atoms with van der Waals surface area (Å²) in [6.07, 6.45) is 0. The maximum Gasteiger partial charge on any atom is 0.299 e. The van der Waals surface area contributed by atoms with Gasteiger partial charge in [0.2, 0.25) is 0 Å². The van der Waals surface area contributed by atoms with E-state index in [-0.39, 0.29) is 0 Å². The van der Waals surface area contributed by atoms with Crippen LogP contribution in [0.15, 0.2) is 66.7 Å². The molecule has 3 aromatic rings. The Labute approximate surface area is 139 Å². The topological polar surface area (TPSA) is 46.6 Å². The Morgan fingerprint density at radius 2 is 1.58 bits per heavy atom. The molecule has 0 spiro atoms. The number of carbonyl (C=O) groups excluding carboxylic acids is 2. The lowest BCUT2D eigenvalue weighted by Crippen LogP contribution is -2.33. The molecule has 0 atom stereocenters. The third-order valence-corrected chi connectivity index (χ3v) is 4.18. The first kappa shape index (κ1) is 14.5. The van der Waals surface area contributed by atoms with Crippen molar-refractivity contribution in [1.82, 2.24) is 0 Å². The number of amides is 1. The number of benzene rings is 3. The Morgan fingerprint density at radius 1 is 0.833 bits per heavy atom. The number of fused-ring (bicyclic) bond motifs is 2. The summed E-state index contributed by atoms with van der Waals surface area (Å²) in [6, 6.07) is 21.0. The maximum absolute atomic E-state index is 12.1. The van der Waals surface area contributed by atoms with Gasteiger partial charge in [-0.1, -0.05) is 42.5 Å². The average Bonchev–Trinajstić information content (AvgIpc) is 2.87. The zero-order valence-electron chi connectivity index (χ0n) is 12.9. The molecule has 0 bridgehead atoms. The van der Waals surface area contributed by atoms with Crippen LogP contribution < -0.4 is 9.64 Å². The quantitative estimate of drug-likeness (QED) is 0.692. The molecule has 1 heterocycles. The maximum atomic E-state index is 12.1. The van der Waals surface area contributed by atoms with Gasteiger partial charge in [-0.15, -0.1) is 0 Å². The van der Waals surface area contributed by atoms with E-state index < -0.39 is 11.7 Å². The van der Waals surface area contributed by atoms with Crippen molar-refractivity contribution >= 4 is 28.2 Å². The van der Waals surface area contributed by atoms with Crippen LogP contribution in [0.1, 0.15) is 10.4 Å². The Hall–Kier alpha value is -3.14. The number of para-hydroxylation sites is 1. The number of rotatable bonds is 4. The van der Waals surface area contributed by atoms with Gasteiger partial charge in [0.1, 0.15) is 12.4 Å². The van der Waals surface area contributed by atoms with Gasteiger partial charge in [-0.3, -0.25) is 9.59 Å². The first-order chi connectivity index (χ1) is 11.7. The van der Waals surface area contributed by atoms with Gasteiger partial charge in [0, 0.05) is 0 Å². The molecule has 0 saturated heterocycles. The van der Waals surface area contributed by atoms with E-state index in [0.717, 1.165) is 16.5 Å². The second-order valence-corrected chi connectivity index (χ2v) is 5.66. The molecule has 1 aliphatic rings. The number of hydrogen-bond donors (Lipinski definition) is 0. The fraction of sp³-hybridized carbons (Fsp3) is 0.100. The van der Waals surface area contributed by atoms with Crippen LogP contribution in [0.25, 0.3) is 10.8 Å². The van der Waals surface area contributed by atoms with Crippen LogP contribution in [0.5, 0.6) is 5.75 Å². The fourth-order valence-electron chi connectivity index (χ4n) is 2.98. The number of Topliss-reactive ketones (excluding diaryl/α,β-unsaturated/α-hetero) is 1. The Bertz CT molecular complexity index is 948. The lowest BCUT2D eigenvalue weighted by molar-refractivity contribution is -0.114. The second-order valence-electron chi connectivity index (χ2n) is 5.66. The van der Waals surface area contributed by atoms with Crippen molar-refractivity contribution in [2.24, 2.45) is 0 Å². The van der Waals surface area contributed by atoms with Gasteiger partial charge in [-0.25, -0.2) is 0 Å². The Morgan fingerprint density at radius 3 is 2.46 bits per heavy atom. The molecular weight excluding hydrogens is 302 g/mol. The highest BCUT2D eigenvalue weighted by atomic mass is 16.5. The summed E-state index contributed by atoms with van der Waals surface area (Å²) in [4.78, 5) is 25.5. The molecule has 0 saturated carbocycles. The molecule has 0 N–H and O–H groups in total. The number of hydrogen-bond acceptors (Lipinski definition) is 3. The summed E-state index contributed by atoms with van der Waals surface area (Å²) >= 11 is 0. The summed E-state index contributed by atoms with van der Waals surface area (Å²) < 4.78 is 5.77. The van der Waals surface area contributed by atoms with Crippen LogP contribution in [0, 0.1) is 0 Å². The van der Waals surface area contributed by atoms with E-state index in [1.165, 1.54) is 4.90 Å². The van der Waals surface area contributed by atoms with E-state index in [1.54, 1.807) is 18.2 Å². The van der Waals surface area contributed by atoms with Gasteiger partial charge < -0.3 is 9.64 Å². The molecular formula is C20H15NO3. The Kier molecular flexibility index (Phi) is 3.50. The lowest BCUT2D eigenvalue weighted by atomic mass is 10.1. The molecule has 0 aromatic heterocycles. The molecule has 3 aromatic carbocycles. The van der Waals surface area contributed by atoms with E-state index in [9.17, 15) is 9.59 Å². The molecule has 0 radical (unpaired) electrons. The monoisotopic (exact) mass is 317 g/mol. The summed E-state index contributed by atoms with van der Waals surface area (Å²) in [6.45, 7) is 0.667. The van der Waals surface area contributed by atoms with Gasteiger partial charge in [0.05, 0.1) is 17.8 Å². The third kappa shape index (κ3) is 2.42. The molecule has 0 fully saturated rings. The molecule has 0 unspecified atom stereocenters. The SMILES string of the molecule is O=C1C(=O)N(CCOc2ccc3ccccc3c2)c2ccccc21. The molecule has 4 rings (SSSR count). The standard InChI is InChI=1S/C20H15NO3/c22-19-17-7-3-4-8-18(17)21(20(19)23)11-12-24-16-10-9-14-5-1-2-6-15(14)13-16/h1-10,13H,11-12H2. The van der Waals surface area contributed by atoms with Crippen LogP contribution in [0.3, 0.4) is 0 Å². The molecule has 24 heavy (non-hydrogen) atoms. The Balaban J connectivity index is 1.47. The minimum Gasteiger partial charge on any atom is -0.492 e. The van der Waals surface area contributed by atoms with Crippen molar-refractivity contribution in [1.29, 1.82) is 0 Å². The molecule has 0 aliphatic carbocycles. The van der Waals surface area contributed by atoms with Gasteiger partial charge in [-0.05, 0) is 35.0 Å². The molecule has 1 aliphatic heterocycles. The van der Waals surface area contributed by atoms with E-state index in [1.807, 2.05) is 48.5 Å². The van der Waals surface area contributed by atoms with Crippen molar-refractivity contribution < 1.29 is 14.3 Å². The van der Waals surface area contributed by atoms with Crippen molar-refractivity contribution in [3.05, 3.63) is 72.3 Å². The number of carbonyl (C=O) groups is 2. The van der Waals surface area contributed by atoms with Gasteiger partial charge in [-0.2, -0.15) is 0 Å². The smallest absolute Gasteiger partial charge is 0.299 e. The first-order valence-electron chi connectivity index (χ1n) is 7.81. The van der Waals surface area contributed by atoms with Crippen LogP contribution in [0.2, 0.25) is 0 Å². The minimum absolute atomic E-state index is 0.325. The van der Waals surface area contributed by atoms with Crippen LogP contribution in [-0.2, 0) is 4.79 Å². The van der Waals surface area contributed by atoms with Crippen molar-refractivity contribution in [3.63, 3.8) is 0 Å². The van der Waals surface area contributed by atoms with Gasteiger partial charge in [0.25, 0.3) is 11.7 Å². The van der Waals surface area contributed by atoms with Crippen molar-refractivity contribution in [2.45, 2.75) is 0 Å². The van der Waals surface area contributed by atoms with Gasteiger partial charge >= 0.3 is 0 Å². The molecule has 1 amide bonds.